The first-order valence-electron chi connectivity index (χ1n) is 13.8. The summed E-state index contributed by atoms with van der Waals surface area (Å²) in [5.41, 5.74) is 3.20. The van der Waals surface area contributed by atoms with E-state index in [4.69, 9.17) is 0 Å². The van der Waals surface area contributed by atoms with E-state index in [1.165, 1.54) is 28.6 Å². The summed E-state index contributed by atoms with van der Waals surface area (Å²) in [6, 6.07) is 21.8. The van der Waals surface area contributed by atoms with Gasteiger partial charge in [-0.2, -0.15) is 0 Å². The van der Waals surface area contributed by atoms with Gasteiger partial charge in [-0.25, -0.2) is 12.8 Å². The molecule has 220 valence electrons. The second-order valence-electron chi connectivity index (χ2n) is 10.8. The highest BCUT2D eigenvalue weighted by atomic mass is 32.2. The Morgan fingerprint density at radius 3 is 2.20 bits per heavy atom. The number of rotatable bonds is 14. The molecule has 2 amide bonds. The molecule has 0 radical (unpaired) electrons. The molecule has 41 heavy (non-hydrogen) atoms. The molecule has 9 heteroatoms. The second-order valence-corrected chi connectivity index (χ2v) is 12.7. The van der Waals surface area contributed by atoms with Crippen LogP contribution in [-0.2, 0) is 32.6 Å². The summed E-state index contributed by atoms with van der Waals surface area (Å²) in [5, 5.41) is 3.00. The van der Waals surface area contributed by atoms with Gasteiger partial charge in [0.2, 0.25) is 21.8 Å². The number of aryl methyl sites for hydroxylation is 1. The number of carbonyl (C=O) groups is 2. The minimum atomic E-state index is -3.67. The van der Waals surface area contributed by atoms with Gasteiger partial charge in [0.25, 0.3) is 0 Å². The summed E-state index contributed by atoms with van der Waals surface area (Å²) in [6.07, 6.45) is 1.67. The molecule has 7 nitrogen and oxygen atoms in total. The monoisotopic (exact) mass is 581 g/mol. The third kappa shape index (κ3) is 10.0. The highest BCUT2D eigenvalue weighted by molar-refractivity contribution is 7.92. The summed E-state index contributed by atoms with van der Waals surface area (Å²) in [6.45, 7) is 6.76. The van der Waals surface area contributed by atoms with Crippen LogP contribution in [0.1, 0.15) is 43.4 Å². The fourth-order valence-electron chi connectivity index (χ4n) is 4.59. The van der Waals surface area contributed by atoms with E-state index in [2.05, 4.69) is 5.32 Å². The zero-order valence-corrected chi connectivity index (χ0v) is 25.0. The predicted octanol–water partition coefficient (Wildman–Crippen LogP) is 5.09. The van der Waals surface area contributed by atoms with Crippen LogP contribution in [0.25, 0.3) is 0 Å². The molecule has 3 rings (SSSR count). The number of halogens is 1. The van der Waals surface area contributed by atoms with Gasteiger partial charge < -0.3 is 10.2 Å². The van der Waals surface area contributed by atoms with Crippen LogP contribution in [0.4, 0.5) is 10.1 Å². The maximum absolute atomic E-state index is 13.8. The molecule has 0 aromatic heterocycles. The van der Waals surface area contributed by atoms with E-state index in [-0.39, 0.29) is 43.7 Å². The summed E-state index contributed by atoms with van der Waals surface area (Å²) >= 11 is 0. The van der Waals surface area contributed by atoms with E-state index >= 15 is 0 Å². The van der Waals surface area contributed by atoms with Crippen molar-refractivity contribution in [1.82, 2.24) is 10.2 Å². The summed E-state index contributed by atoms with van der Waals surface area (Å²) < 4.78 is 39.6. The van der Waals surface area contributed by atoms with Gasteiger partial charge in [-0.1, -0.05) is 74.0 Å². The molecule has 0 bridgehead atoms. The van der Waals surface area contributed by atoms with E-state index in [1.807, 2.05) is 75.4 Å². The number of anilines is 1. The fraction of sp³-hybridized carbons (Fsp3) is 0.375. The zero-order chi connectivity index (χ0) is 30.0. The van der Waals surface area contributed by atoms with Gasteiger partial charge in [0.05, 0.1) is 11.9 Å². The minimum Gasteiger partial charge on any atom is -0.354 e. The van der Waals surface area contributed by atoms with Gasteiger partial charge in [0.1, 0.15) is 11.9 Å². The van der Waals surface area contributed by atoms with Crippen LogP contribution < -0.4 is 9.62 Å². The Morgan fingerprint density at radius 1 is 0.927 bits per heavy atom. The van der Waals surface area contributed by atoms with Crippen molar-refractivity contribution in [1.29, 1.82) is 0 Å². The van der Waals surface area contributed by atoms with E-state index in [1.54, 1.807) is 4.90 Å². The van der Waals surface area contributed by atoms with Crippen molar-refractivity contribution in [2.24, 2.45) is 5.92 Å². The SMILES string of the molecule is Cc1cccc(CN(C(=O)CCCN(c2ccc(F)cc2)S(C)(=O)=O)[C@H](Cc2ccccc2)C(=O)NCC(C)C)c1. The topological polar surface area (TPSA) is 86.8 Å². The third-order valence-corrected chi connectivity index (χ3v) is 7.85. The van der Waals surface area contributed by atoms with Crippen molar-refractivity contribution in [3.8, 4) is 0 Å². The molecular formula is C32H40FN3O4S. The first-order chi connectivity index (χ1) is 19.4. The molecule has 0 heterocycles. The van der Waals surface area contributed by atoms with Crippen molar-refractivity contribution in [2.75, 3.05) is 23.7 Å². The number of amides is 2. The molecule has 1 N–H and O–H groups in total. The Bertz CT molecular complexity index is 1400. The van der Waals surface area contributed by atoms with Crippen LogP contribution in [0.2, 0.25) is 0 Å². The molecule has 1 atom stereocenters. The lowest BCUT2D eigenvalue weighted by atomic mass is 10.0. The van der Waals surface area contributed by atoms with Crippen LogP contribution in [0.3, 0.4) is 0 Å². The molecule has 0 aliphatic carbocycles. The lowest BCUT2D eigenvalue weighted by Gasteiger charge is -2.32. The number of hydrogen-bond acceptors (Lipinski definition) is 4. The largest absolute Gasteiger partial charge is 0.354 e. The lowest BCUT2D eigenvalue weighted by Crippen LogP contribution is -2.51. The number of nitrogens with one attached hydrogen (secondary N) is 1. The van der Waals surface area contributed by atoms with Gasteiger partial charge in [-0.3, -0.25) is 13.9 Å². The molecule has 0 saturated carbocycles. The van der Waals surface area contributed by atoms with Gasteiger partial charge in [-0.05, 0) is 54.7 Å². The first-order valence-corrected chi connectivity index (χ1v) is 15.7. The number of nitrogens with zero attached hydrogens (tertiary/aromatic N) is 2. The van der Waals surface area contributed by atoms with Crippen molar-refractivity contribution < 1.29 is 22.4 Å². The normalized spacial score (nSPS) is 12.1. The van der Waals surface area contributed by atoms with Gasteiger partial charge in [0.15, 0.2) is 0 Å². The maximum atomic E-state index is 13.8. The number of hydrogen-bond donors (Lipinski definition) is 1. The molecule has 0 aliphatic rings. The van der Waals surface area contributed by atoms with Crippen LogP contribution in [0.15, 0.2) is 78.9 Å². The predicted molar refractivity (Wildman–Crippen MR) is 161 cm³/mol. The maximum Gasteiger partial charge on any atom is 0.243 e. The zero-order valence-electron chi connectivity index (χ0n) is 24.2. The average Bonchev–Trinajstić information content (AvgIpc) is 2.92. The number of benzene rings is 3. The standard InChI is InChI=1S/C32H40FN3O4S/c1-24(2)22-34-32(38)30(21-26-11-6-5-7-12-26)35(23-27-13-8-10-25(3)20-27)31(37)14-9-19-36(41(4,39)40)29-17-15-28(33)16-18-29/h5-8,10-13,15-18,20,24,30H,9,14,19,21-23H2,1-4H3,(H,34,38)/t30-/m1/s1. The average molecular weight is 582 g/mol. The van der Waals surface area contributed by atoms with Gasteiger partial charge >= 0.3 is 0 Å². The van der Waals surface area contributed by atoms with Gasteiger partial charge in [0, 0.05) is 32.5 Å². The molecular weight excluding hydrogens is 541 g/mol. The highest BCUT2D eigenvalue weighted by Gasteiger charge is 2.30. The fourth-order valence-corrected chi connectivity index (χ4v) is 5.56. The Morgan fingerprint density at radius 2 is 1.59 bits per heavy atom. The molecule has 3 aromatic carbocycles. The highest BCUT2D eigenvalue weighted by Crippen LogP contribution is 2.21. The Kier molecular flexibility index (Phi) is 11.5. The van der Waals surface area contributed by atoms with Gasteiger partial charge in [-0.15, -0.1) is 0 Å². The Balaban J connectivity index is 1.87. The minimum absolute atomic E-state index is 0.0295. The molecule has 3 aromatic rings. The van der Waals surface area contributed by atoms with Crippen molar-refractivity contribution in [3.63, 3.8) is 0 Å². The van der Waals surface area contributed by atoms with Crippen LogP contribution in [0, 0.1) is 18.7 Å². The van der Waals surface area contributed by atoms with E-state index in [0.29, 0.717) is 18.7 Å². The van der Waals surface area contributed by atoms with Crippen LogP contribution >= 0.6 is 0 Å². The van der Waals surface area contributed by atoms with Crippen LogP contribution in [-0.4, -0.2) is 50.5 Å². The molecule has 0 saturated heterocycles. The smallest absolute Gasteiger partial charge is 0.243 e. The summed E-state index contributed by atoms with van der Waals surface area (Å²) in [5.74, 6) is -0.706. The van der Waals surface area contributed by atoms with Crippen LogP contribution in [0.5, 0.6) is 0 Å². The lowest BCUT2D eigenvalue weighted by molar-refractivity contribution is -0.141. The summed E-state index contributed by atoms with van der Waals surface area (Å²) in [4.78, 5) is 29.0. The number of carbonyl (C=O) groups excluding carboxylic acids is 2. The molecule has 0 fully saturated rings. The van der Waals surface area contributed by atoms with E-state index in [0.717, 1.165) is 22.9 Å². The quantitative estimate of drug-likeness (QED) is 0.287. The van der Waals surface area contributed by atoms with Crippen molar-refractivity contribution in [2.45, 2.75) is 52.6 Å². The Labute approximate surface area is 243 Å². The second kappa shape index (κ2) is 14.8. The van der Waals surface area contributed by atoms with Crippen molar-refractivity contribution in [3.05, 3.63) is 101 Å². The number of sulfonamides is 1. The van der Waals surface area contributed by atoms with E-state index in [9.17, 15) is 22.4 Å². The molecule has 0 aliphatic heterocycles. The van der Waals surface area contributed by atoms with Crippen molar-refractivity contribution >= 4 is 27.5 Å². The molecule has 0 spiro atoms. The molecule has 0 unspecified atom stereocenters. The van der Waals surface area contributed by atoms with E-state index < -0.39 is 21.9 Å². The summed E-state index contributed by atoms with van der Waals surface area (Å²) in [7, 11) is -3.67. The first kappa shape index (κ1) is 31.8. The third-order valence-electron chi connectivity index (χ3n) is 6.66. The Hall–Kier alpha value is -3.72.